The maximum Gasteiger partial charge on any atom is 0.387 e. The monoisotopic (exact) mass is 446 g/mol. The number of halogens is 2. The summed E-state index contributed by atoms with van der Waals surface area (Å²) in [5.41, 5.74) is 1.89. The molecule has 2 aromatic rings. The van der Waals surface area contributed by atoms with Crippen molar-refractivity contribution < 1.29 is 18.3 Å². The van der Waals surface area contributed by atoms with Gasteiger partial charge in [0.1, 0.15) is 11.5 Å². The first-order valence-electron chi connectivity index (χ1n) is 10.8. The van der Waals surface area contributed by atoms with Crippen LogP contribution in [-0.4, -0.2) is 50.8 Å². The lowest BCUT2D eigenvalue weighted by atomic mass is 10.1. The van der Waals surface area contributed by atoms with E-state index in [9.17, 15) is 8.78 Å². The first-order valence-corrected chi connectivity index (χ1v) is 10.8. The Hall–Kier alpha value is -2.87. The Kier molecular flexibility index (Phi) is 8.67. The van der Waals surface area contributed by atoms with E-state index in [0.29, 0.717) is 29.2 Å². The summed E-state index contributed by atoms with van der Waals surface area (Å²) in [6.07, 6.45) is 1.11. The van der Waals surface area contributed by atoms with Gasteiger partial charge in [-0.15, -0.1) is 0 Å². The lowest BCUT2D eigenvalue weighted by molar-refractivity contribution is -0.0505. The molecule has 0 radical (unpaired) electrons. The topological polar surface area (TPSA) is 58.1 Å². The van der Waals surface area contributed by atoms with Gasteiger partial charge in [-0.05, 0) is 43.0 Å². The van der Waals surface area contributed by atoms with E-state index >= 15 is 0 Å². The van der Waals surface area contributed by atoms with Crippen LogP contribution in [0.5, 0.6) is 11.5 Å². The molecule has 0 spiro atoms. The third-order valence-corrected chi connectivity index (χ3v) is 5.73. The number of benzene rings is 2. The number of aliphatic imine (C=N–C) groups is 1. The van der Waals surface area contributed by atoms with Crippen LogP contribution in [0, 0.1) is 5.92 Å². The molecule has 2 aromatic carbocycles. The highest BCUT2D eigenvalue weighted by Crippen LogP contribution is 2.26. The zero-order chi connectivity index (χ0) is 22.9. The van der Waals surface area contributed by atoms with Gasteiger partial charge >= 0.3 is 6.61 Å². The molecule has 1 fully saturated rings. The summed E-state index contributed by atoms with van der Waals surface area (Å²) in [6, 6.07) is 15.8. The minimum absolute atomic E-state index is 0.116. The second-order valence-electron chi connectivity index (χ2n) is 8.02. The number of likely N-dealkylation sites (tertiary alicyclic amines) is 1. The zero-order valence-electron chi connectivity index (χ0n) is 18.9. The first kappa shape index (κ1) is 23.8. The number of nitrogens with zero attached hydrogens (tertiary/aromatic N) is 2. The van der Waals surface area contributed by atoms with Crippen LogP contribution in [0.1, 0.15) is 24.5 Å². The molecule has 2 N–H and O–H groups in total. The van der Waals surface area contributed by atoms with Crippen molar-refractivity contribution in [3.8, 4) is 11.5 Å². The van der Waals surface area contributed by atoms with Crippen LogP contribution in [0.4, 0.5) is 8.78 Å². The largest absolute Gasteiger partial charge is 0.497 e. The summed E-state index contributed by atoms with van der Waals surface area (Å²) < 4.78 is 35.3. The second kappa shape index (κ2) is 11.7. The van der Waals surface area contributed by atoms with Gasteiger partial charge in [-0.1, -0.05) is 30.3 Å². The van der Waals surface area contributed by atoms with Gasteiger partial charge in [0.2, 0.25) is 0 Å². The maximum atomic E-state index is 12.7. The molecule has 2 atom stereocenters. The summed E-state index contributed by atoms with van der Waals surface area (Å²) >= 11 is 0. The fourth-order valence-corrected chi connectivity index (χ4v) is 4.08. The van der Waals surface area contributed by atoms with Gasteiger partial charge in [-0.3, -0.25) is 9.89 Å². The van der Waals surface area contributed by atoms with E-state index in [1.54, 1.807) is 19.2 Å². The molecular formula is C24H32F2N4O2. The first-order chi connectivity index (χ1) is 15.5. The quantitative estimate of drug-likeness (QED) is 0.452. The predicted molar refractivity (Wildman–Crippen MR) is 122 cm³/mol. The van der Waals surface area contributed by atoms with Crippen molar-refractivity contribution in [3.63, 3.8) is 0 Å². The van der Waals surface area contributed by atoms with Crippen molar-refractivity contribution >= 4 is 5.96 Å². The number of alkyl halides is 2. The Morgan fingerprint density at radius 1 is 1.19 bits per heavy atom. The fourth-order valence-electron chi connectivity index (χ4n) is 4.08. The summed E-state index contributed by atoms with van der Waals surface area (Å²) in [5.74, 6) is 1.81. The standard InChI is InChI=1S/C24H32F2N4O2/c1-17-11-19(16-30(17)15-18-7-5-4-6-8-18)13-28-24(27-2)29-14-20-12-21(31-3)9-10-22(20)32-23(25)26/h4-10,12,17,19,23H,11,13-16H2,1-3H3,(H2,27,28,29). The molecule has 0 aromatic heterocycles. The van der Waals surface area contributed by atoms with Crippen LogP contribution >= 0.6 is 0 Å². The van der Waals surface area contributed by atoms with Crippen LogP contribution in [0.3, 0.4) is 0 Å². The smallest absolute Gasteiger partial charge is 0.387 e. The van der Waals surface area contributed by atoms with Gasteiger partial charge in [0.25, 0.3) is 0 Å². The minimum Gasteiger partial charge on any atom is -0.497 e. The van der Waals surface area contributed by atoms with Gasteiger partial charge in [0, 0.05) is 44.8 Å². The second-order valence-corrected chi connectivity index (χ2v) is 8.02. The molecule has 1 heterocycles. The SMILES string of the molecule is CN=C(NCc1cc(OC)ccc1OC(F)F)NCC1CC(C)N(Cc2ccccc2)C1. The lowest BCUT2D eigenvalue weighted by Gasteiger charge is -2.21. The Morgan fingerprint density at radius 2 is 1.97 bits per heavy atom. The van der Waals surface area contributed by atoms with Crippen LogP contribution in [-0.2, 0) is 13.1 Å². The van der Waals surface area contributed by atoms with E-state index in [1.165, 1.54) is 18.7 Å². The van der Waals surface area contributed by atoms with Gasteiger partial charge in [0.05, 0.1) is 7.11 Å². The third kappa shape index (κ3) is 6.82. The van der Waals surface area contributed by atoms with Crippen molar-refractivity contribution in [1.29, 1.82) is 0 Å². The van der Waals surface area contributed by atoms with Crippen molar-refractivity contribution in [1.82, 2.24) is 15.5 Å². The van der Waals surface area contributed by atoms with Crippen molar-refractivity contribution in [2.24, 2.45) is 10.9 Å². The predicted octanol–water partition coefficient (Wildman–Crippen LogP) is 3.87. The number of methoxy groups -OCH3 is 1. The van der Waals surface area contributed by atoms with Gasteiger partial charge in [0.15, 0.2) is 5.96 Å². The normalized spacial score (nSPS) is 19.2. The van der Waals surface area contributed by atoms with E-state index in [2.05, 4.69) is 56.5 Å². The van der Waals surface area contributed by atoms with Gasteiger partial charge < -0.3 is 20.1 Å². The number of rotatable bonds is 9. The lowest BCUT2D eigenvalue weighted by Crippen LogP contribution is -2.40. The molecule has 3 rings (SSSR count). The van der Waals surface area contributed by atoms with Crippen LogP contribution in [0.2, 0.25) is 0 Å². The molecule has 6 nitrogen and oxygen atoms in total. The van der Waals surface area contributed by atoms with E-state index in [1.807, 2.05) is 6.07 Å². The van der Waals surface area contributed by atoms with Crippen LogP contribution in [0.25, 0.3) is 0 Å². The number of hydrogen-bond acceptors (Lipinski definition) is 4. The molecule has 32 heavy (non-hydrogen) atoms. The maximum absolute atomic E-state index is 12.7. The highest BCUT2D eigenvalue weighted by Gasteiger charge is 2.28. The van der Waals surface area contributed by atoms with Crippen molar-refractivity contribution in [3.05, 3.63) is 59.7 Å². The molecule has 1 saturated heterocycles. The Bertz CT molecular complexity index is 880. The summed E-state index contributed by atoms with van der Waals surface area (Å²) in [5, 5.41) is 6.55. The third-order valence-electron chi connectivity index (χ3n) is 5.73. The average molecular weight is 447 g/mol. The van der Waals surface area contributed by atoms with Gasteiger partial charge in [-0.2, -0.15) is 8.78 Å². The highest BCUT2D eigenvalue weighted by molar-refractivity contribution is 5.79. The molecular weight excluding hydrogens is 414 g/mol. The number of hydrogen-bond donors (Lipinski definition) is 2. The molecule has 2 unspecified atom stereocenters. The zero-order valence-corrected chi connectivity index (χ0v) is 18.9. The summed E-state index contributed by atoms with van der Waals surface area (Å²) in [7, 11) is 3.22. The van der Waals surface area contributed by atoms with Crippen molar-refractivity contribution in [2.75, 3.05) is 27.2 Å². The van der Waals surface area contributed by atoms with E-state index < -0.39 is 6.61 Å². The Labute approximate surface area is 188 Å². The molecule has 0 saturated carbocycles. The number of ether oxygens (including phenoxy) is 2. The minimum atomic E-state index is -2.89. The molecule has 8 heteroatoms. The van der Waals surface area contributed by atoms with E-state index in [-0.39, 0.29) is 12.3 Å². The van der Waals surface area contributed by atoms with Crippen LogP contribution in [0.15, 0.2) is 53.5 Å². The molecule has 1 aliphatic heterocycles. The molecule has 0 aliphatic carbocycles. The Morgan fingerprint density at radius 3 is 2.66 bits per heavy atom. The molecule has 174 valence electrons. The fraction of sp³-hybridized carbons (Fsp3) is 0.458. The molecule has 0 amide bonds. The van der Waals surface area contributed by atoms with Gasteiger partial charge in [-0.25, -0.2) is 0 Å². The number of guanidine groups is 1. The molecule has 1 aliphatic rings. The number of nitrogens with one attached hydrogen (secondary N) is 2. The summed E-state index contributed by atoms with van der Waals surface area (Å²) in [6.45, 7) is 2.41. The Balaban J connectivity index is 1.51. The van der Waals surface area contributed by atoms with Crippen molar-refractivity contribution in [2.45, 2.75) is 39.1 Å². The van der Waals surface area contributed by atoms with E-state index in [4.69, 9.17) is 4.74 Å². The summed E-state index contributed by atoms with van der Waals surface area (Å²) in [4.78, 5) is 6.77. The average Bonchev–Trinajstić information content (AvgIpc) is 3.14. The molecule has 0 bridgehead atoms. The highest BCUT2D eigenvalue weighted by atomic mass is 19.3. The van der Waals surface area contributed by atoms with Crippen LogP contribution < -0.4 is 20.1 Å². The van der Waals surface area contributed by atoms with E-state index in [0.717, 1.165) is 26.1 Å².